The minimum atomic E-state index is 0. The van der Waals surface area contributed by atoms with Crippen LogP contribution in [-0.4, -0.2) is 41.4 Å². The molecule has 0 N–H and O–H groups in total. The number of amides is 1. The highest BCUT2D eigenvalue weighted by atomic mass is 35.5. The summed E-state index contributed by atoms with van der Waals surface area (Å²) in [6.45, 7) is 7.27. The highest BCUT2D eigenvalue weighted by Crippen LogP contribution is 2.36. The molecule has 0 spiro atoms. The quantitative estimate of drug-likeness (QED) is 0.779. The zero-order valence-corrected chi connectivity index (χ0v) is 11.6. The summed E-state index contributed by atoms with van der Waals surface area (Å²) in [4.78, 5) is 16.7. The van der Waals surface area contributed by atoms with E-state index in [4.69, 9.17) is 0 Å². The van der Waals surface area contributed by atoms with E-state index in [1.807, 2.05) is 23.1 Å². The van der Waals surface area contributed by atoms with E-state index in [2.05, 4.69) is 24.8 Å². The van der Waals surface area contributed by atoms with Gasteiger partial charge in [0.1, 0.15) is 0 Å². The van der Waals surface area contributed by atoms with Gasteiger partial charge in [-0.15, -0.1) is 12.4 Å². The Bertz CT molecular complexity index is 461. The Labute approximate surface area is 114 Å². The molecule has 1 atom stereocenters. The monoisotopic (exact) mass is 266 g/mol. The normalized spacial score (nSPS) is 22.7. The second-order valence-electron chi connectivity index (χ2n) is 5.19. The van der Waals surface area contributed by atoms with Crippen LogP contribution in [0.25, 0.3) is 0 Å². The van der Waals surface area contributed by atoms with Crippen molar-refractivity contribution >= 4 is 18.3 Å². The van der Waals surface area contributed by atoms with Crippen molar-refractivity contribution in [2.75, 3.05) is 19.6 Å². The first-order chi connectivity index (χ1) is 8.18. The molecule has 2 aliphatic heterocycles. The molecule has 4 heteroatoms. The molecule has 0 unspecified atom stereocenters. The van der Waals surface area contributed by atoms with Crippen molar-refractivity contribution in [2.24, 2.45) is 0 Å². The zero-order chi connectivity index (χ0) is 12.0. The SMILES string of the molecule is CC(C)N1CCN2C(=O)c3ccccc3[C@H]2C1.Cl. The summed E-state index contributed by atoms with van der Waals surface area (Å²) in [6, 6.07) is 8.87. The number of fused-ring (bicyclic) bond motifs is 3. The Morgan fingerprint density at radius 3 is 2.67 bits per heavy atom. The van der Waals surface area contributed by atoms with Gasteiger partial charge in [-0.2, -0.15) is 0 Å². The van der Waals surface area contributed by atoms with Gasteiger partial charge in [-0.3, -0.25) is 9.69 Å². The number of halogens is 1. The number of benzene rings is 1. The molecule has 1 aromatic rings. The van der Waals surface area contributed by atoms with Crippen molar-refractivity contribution in [1.29, 1.82) is 0 Å². The highest BCUT2D eigenvalue weighted by molar-refractivity contribution is 5.99. The van der Waals surface area contributed by atoms with Crippen LogP contribution in [0.15, 0.2) is 24.3 Å². The van der Waals surface area contributed by atoms with Gasteiger partial charge in [-0.1, -0.05) is 18.2 Å². The summed E-state index contributed by atoms with van der Waals surface area (Å²) in [5.74, 6) is 0.217. The predicted molar refractivity (Wildman–Crippen MR) is 74.2 cm³/mol. The first kappa shape index (κ1) is 13.4. The number of piperazine rings is 1. The molecule has 1 aromatic carbocycles. The Morgan fingerprint density at radius 1 is 1.22 bits per heavy atom. The van der Waals surface area contributed by atoms with Crippen LogP contribution in [0.2, 0.25) is 0 Å². The van der Waals surface area contributed by atoms with Crippen molar-refractivity contribution < 1.29 is 4.79 Å². The van der Waals surface area contributed by atoms with E-state index in [9.17, 15) is 4.79 Å². The molecule has 0 saturated carbocycles. The molecule has 2 heterocycles. The summed E-state index contributed by atoms with van der Waals surface area (Å²) in [5, 5.41) is 0. The molecule has 18 heavy (non-hydrogen) atoms. The van der Waals surface area contributed by atoms with Crippen LogP contribution in [0.5, 0.6) is 0 Å². The maximum atomic E-state index is 12.2. The summed E-state index contributed by atoms with van der Waals surface area (Å²) >= 11 is 0. The Hall–Kier alpha value is -1.06. The van der Waals surface area contributed by atoms with Gasteiger partial charge < -0.3 is 4.90 Å². The van der Waals surface area contributed by atoms with Gasteiger partial charge in [0.25, 0.3) is 5.91 Å². The molecule has 1 amide bonds. The van der Waals surface area contributed by atoms with Crippen LogP contribution in [0, 0.1) is 0 Å². The van der Waals surface area contributed by atoms with E-state index in [0.29, 0.717) is 6.04 Å². The van der Waals surface area contributed by atoms with Crippen LogP contribution in [-0.2, 0) is 0 Å². The van der Waals surface area contributed by atoms with Gasteiger partial charge >= 0.3 is 0 Å². The molecule has 3 rings (SSSR count). The molecule has 3 nitrogen and oxygen atoms in total. The molecule has 0 bridgehead atoms. The predicted octanol–water partition coefficient (Wildman–Crippen LogP) is 2.33. The molecule has 1 saturated heterocycles. The first-order valence-electron chi connectivity index (χ1n) is 6.32. The summed E-state index contributed by atoms with van der Waals surface area (Å²) in [5.41, 5.74) is 2.12. The smallest absolute Gasteiger partial charge is 0.254 e. The summed E-state index contributed by atoms with van der Waals surface area (Å²) in [6.07, 6.45) is 0. The van der Waals surface area contributed by atoms with Crippen molar-refractivity contribution in [1.82, 2.24) is 9.80 Å². The number of hydrogen-bond donors (Lipinski definition) is 0. The fourth-order valence-electron chi connectivity index (χ4n) is 2.92. The average Bonchev–Trinajstić information content (AvgIpc) is 2.64. The van der Waals surface area contributed by atoms with Gasteiger partial charge in [-0.05, 0) is 25.5 Å². The third-order valence-electron chi connectivity index (χ3n) is 3.95. The topological polar surface area (TPSA) is 23.6 Å². The average molecular weight is 267 g/mol. The maximum Gasteiger partial charge on any atom is 0.254 e. The molecule has 2 aliphatic rings. The lowest BCUT2D eigenvalue weighted by Gasteiger charge is -2.39. The molecule has 98 valence electrons. The van der Waals surface area contributed by atoms with E-state index in [-0.39, 0.29) is 24.4 Å². The third kappa shape index (κ3) is 1.91. The van der Waals surface area contributed by atoms with E-state index in [1.165, 1.54) is 5.56 Å². The first-order valence-corrected chi connectivity index (χ1v) is 6.32. The second-order valence-corrected chi connectivity index (χ2v) is 5.19. The zero-order valence-electron chi connectivity index (χ0n) is 10.8. The highest BCUT2D eigenvalue weighted by Gasteiger charge is 2.40. The number of carbonyl (C=O) groups is 1. The number of nitrogens with zero attached hydrogens (tertiary/aromatic N) is 2. The van der Waals surface area contributed by atoms with Crippen molar-refractivity contribution in [2.45, 2.75) is 25.9 Å². The molecule has 0 radical (unpaired) electrons. The molecular weight excluding hydrogens is 248 g/mol. The van der Waals surface area contributed by atoms with Crippen molar-refractivity contribution in [3.8, 4) is 0 Å². The van der Waals surface area contributed by atoms with Crippen LogP contribution in [0.1, 0.15) is 35.8 Å². The molecular formula is C14H19ClN2O. The van der Waals surface area contributed by atoms with Gasteiger partial charge in [0, 0.05) is 31.2 Å². The van der Waals surface area contributed by atoms with E-state index >= 15 is 0 Å². The lowest BCUT2D eigenvalue weighted by atomic mass is 10.0. The maximum absolute atomic E-state index is 12.2. The Kier molecular flexibility index (Phi) is 3.64. The van der Waals surface area contributed by atoms with Crippen LogP contribution in [0.3, 0.4) is 0 Å². The standard InChI is InChI=1S/C14H18N2O.ClH/c1-10(2)15-7-8-16-13(9-15)11-5-3-4-6-12(11)14(16)17;/h3-6,10,13H,7-9H2,1-2H3;1H/t13-;/m1./s1. The fraction of sp³-hybridized carbons (Fsp3) is 0.500. The largest absolute Gasteiger partial charge is 0.329 e. The number of carbonyl (C=O) groups excluding carboxylic acids is 1. The van der Waals surface area contributed by atoms with Crippen LogP contribution in [0.4, 0.5) is 0 Å². The fourth-order valence-corrected chi connectivity index (χ4v) is 2.92. The minimum Gasteiger partial charge on any atom is -0.329 e. The van der Waals surface area contributed by atoms with Crippen LogP contribution >= 0.6 is 12.4 Å². The van der Waals surface area contributed by atoms with E-state index < -0.39 is 0 Å². The number of hydrogen-bond acceptors (Lipinski definition) is 2. The summed E-state index contributed by atoms with van der Waals surface area (Å²) in [7, 11) is 0. The van der Waals surface area contributed by atoms with Crippen molar-refractivity contribution in [3.63, 3.8) is 0 Å². The van der Waals surface area contributed by atoms with E-state index in [1.54, 1.807) is 0 Å². The molecule has 0 aromatic heterocycles. The number of rotatable bonds is 1. The lowest BCUT2D eigenvalue weighted by Crippen LogP contribution is -2.49. The molecule has 1 fully saturated rings. The van der Waals surface area contributed by atoms with Crippen LogP contribution < -0.4 is 0 Å². The van der Waals surface area contributed by atoms with Gasteiger partial charge in [0.2, 0.25) is 0 Å². The Balaban J connectivity index is 0.00000120. The second kappa shape index (κ2) is 4.90. The van der Waals surface area contributed by atoms with E-state index in [0.717, 1.165) is 25.2 Å². The molecule has 0 aliphatic carbocycles. The van der Waals surface area contributed by atoms with Gasteiger partial charge in [0.15, 0.2) is 0 Å². The lowest BCUT2D eigenvalue weighted by molar-refractivity contribution is 0.0458. The van der Waals surface area contributed by atoms with Gasteiger partial charge in [-0.25, -0.2) is 0 Å². The van der Waals surface area contributed by atoms with Gasteiger partial charge in [0.05, 0.1) is 6.04 Å². The summed E-state index contributed by atoms with van der Waals surface area (Å²) < 4.78 is 0. The minimum absolute atomic E-state index is 0. The Morgan fingerprint density at radius 2 is 1.94 bits per heavy atom. The third-order valence-corrected chi connectivity index (χ3v) is 3.95. The van der Waals surface area contributed by atoms with Crippen molar-refractivity contribution in [3.05, 3.63) is 35.4 Å².